The normalized spacial score (nSPS) is 11.3. The Labute approximate surface area is 171 Å². The maximum Gasteiger partial charge on any atom is 0.416 e. The van der Waals surface area contributed by atoms with Crippen molar-refractivity contribution in [2.24, 2.45) is 0 Å². The van der Waals surface area contributed by atoms with E-state index in [2.05, 4.69) is 31.5 Å². The van der Waals surface area contributed by atoms with Gasteiger partial charge >= 0.3 is 6.18 Å². The number of nitrogens with one attached hydrogen (secondary N) is 2. The Morgan fingerprint density at radius 3 is 2.68 bits per heavy atom. The van der Waals surface area contributed by atoms with Crippen molar-refractivity contribution < 1.29 is 18.0 Å². The zero-order chi connectivity index (χ0) is 20.3. The Balaban J connectivity index is 1.62. The molecule has 0 aliphatic carbocycles. The number of anilines is 3. The van der Waals surface area contributed by atoms with Crippen LogP contribution in [-0.4, -0.2) is 10.9 Å². The Bertz CT molecular complexity index is 1000. The van der Waals surface area contributed by atoms with E-state index in [-0.39, 0.29) is 18.0 Å². The van der Waals surface area contributed by atoms with Crippen molar-refractivity contribution in [1.82, 2.24) is 4.98 Å². The molecule has 2 N–H and O–H groups in total. The topological polar surface area (TPSA) is 54.0 Å². The molecule has 0 bridgehead atoms. The fourth-order valence-electron chi connectivity index (χ4n) is 2.43. The van der Waals surface area contributed by atoms with E-state index >= 15 is 0 Å². The molecule has 0 aliphatic rings. The third-order valence-corrected chi connectivity index (χ3v) is 5.47. The minimum Gasteiger partial charge on any atom is -0.332 e. The largest absolute Gasteiger partial charge is 0.416 e. The summed E-state index contributed by atoms with van der Waals surface area (Å²) >= 11 is 4.62. The lowest BCUT2D eigenvalue weighted by Crippen LogP contribution is -2.14. The van der Waals surface area contributed by atoms with E-state index in [9.17, 15) is 18.0 Å². The molecule has 0 spiro atoms. The van der Waals surface area contributed by atoms with Crippen molar-refractivity contribution in [3.8, 4) is 0 Å². The second-order valence-corrected chi connectivity index (χ2v) is 7.75. The fourth-order valence-corrected chi connectivity index (χ4v) is 3.41. The van der Waals surface area contributed by atoms with Gasteiger partial charge in [-0.05, 0) is 48.9 Å². The maximum atomic E-state index is 12.8. The summed E-state index contributed by atoms with van der Waals surface area (Å²) < 4.78 is 39.3. The molecule has 4 nitrogen and oxygen atoms in total. The average molecular weight is 470 g/mol. The minimum absolute atomic E-state index is 0.0654. The summed E-state index contributed by atoms with van der Waals surface area (Å²) in [5.41, 5.74) is 1.76. The highest BCUT2D eigenvalue weighted by atomic mass is 79.9. The highest BCUT2D eigenvalue weighted by Crippen LogP contribution is 2.32. The number of nitrogens with zero attached hydrogens (tertiary/aromatic N) is 1. The molecule has 0 radical (unpaired) electrons. The Hall–Kier alpha value is -2.39. The number of alkyl halides is 3. The number of thiazole rings is 1. The summed E-state index contributed by atoms with van der Waals surface area (Å²) in [5.74, 6) is -0.224. The van der Waals surface area contributed by atoms with Crippen LogP contribution in [0.5, 0.6) is 0 Å². The zero-order valence-corrected chi connectivity index (χ0v) is 17.0. The molecule has 0 unspecified atom stereocenters. The van der Waals surface area contributed by atoms with E-state index in [4.69, 9.17) is 0 Å². The van der Waals surface area contributed by atoms with Crippen LogP contribution in [0.4, 0.5) is 29.7 Å². The second kappa shape index (κ2) is 8.32. The highest BCUT2D eigenvalue weighted by Gasteiger charge is 2.30. The van der Waals surface area contributed by atoms with Crippen LogP contribution < -0.4 is 10.6 Å². The number of benzene rings is 2. The molecule has 1 aromatic heterocycles. The molecule has 3 rings (SSSR count). The van der Waals surface area contributed by atoms with Crippen molar-refractivity contribution in [1.29, 1.82) is 0 Å². The van der Waals surface area contributed by atoms with Gasteiger partial charge in [0.05, 0.1) is 17.7 Å². The van der Waals surface area contributed by atoms with Crippen LogP contribution in [0, 0.1) is 6.92 Å². The first-order valence-electron chi connectivity index (χ1n) is 8.15. The standard InChI is InChI=1S/C19H15BrF3N3OS/c1-11-7-14(5-6-16(11)20)24-17(27)9-15-10-28-18(26-15)25-13-4-2-3-12(8-13)19(21,22)23/h2-8,10H,9H2,1H3,(H,24,27)(H,25,26). The molecule has 0 saturated carbocycles. The van der Waals surface area contributed by atoms with Gasteiger partial charge in [-0.3, -0.25) is 4.79 Å². The lowest BCUT2D eigenvalue weighted by molar-refractivity contribution is -0.137. The van der Waals surface area contributed by atoms with Crippen LogP contribution in [0.3, 0.4) is 0 Å². The monoisotopic (exact) mass is 469 g/mol. The number of carbonyl (C=O) groups excluding carboxylic acids is 1. The summed E-state index contributed by atoms with van der Waals surface area (Å²) in [6, 6.07) is 10.4. The summed E-state index contributed by atoms with van der Waals surface area (Å²) in [7, 11) is 0. The summed E-state index contributed by atoms with van der Waals surface area (Å²) in [6.07, 6.45) is -4.34. The van der Waals surface area contributed by atoms with E-state index in [1.165, 1.54) is 23.5 Å². The number of halogens is 4. The number of rotatable bonds is 5. The van der Waals surface area contributed by atoms with E-state index in [1.54, 1.807) is 11.4 Å². The van der Waals surface area contributed by atoms with Gasteiger partial charge in [-0.1, -0.05) is 22.0 Å². The van der Waals surface area contributed by atoms with Gasteiger partial charge in [0, 0.05) is 21.2 Å². The van der Waals surface area contributed by atoms with E-state index in [0.717, 1.165) is 22.2 Å². The molecule has 146 valence electrons. The van der Waals surface area contributed by atoms with Crippen LogP contribution in [0.2, 0.25) is 0 Å². The van der Waals surface area contributed by atoms with Crippen LogP contribution in [-0.2, 0) is 17.4 Å². The van der Waals surface area contributed by atoms with Crippen molar-refractivity contribution >= 4 is 49.7 Å². The molecule has 0 aliphatic heterocycles. The molecule has 0 fully saturated rings. The smallest absolute Gasteiger partial charge is 0.332 e. The van der Waals surface area contributed by atoms with E-state index in [0.29, 0.717) is 16.5 Å². The zero-order valence-electron chi connectivity index (χ0n) is 14.6. The van der Waals surface area contributed by atoms with Crippen LogP contribution in [0.1, 0.15) is 16.8 Å². The first-order valence-corrected chi connectivity index (χ1v) is 9.82. The number of hydrogen-bond acceptors (Lipinski definition) is 4. The van der Waals surface area contributed by atoms with E-state index in [1.807, 2.05) is 19.1 Å². The number of amides is 1. The Kier molecular flexibility index (Phi) is 6.04. The van der Waals surface area contributed by atoms with Gasteiger partial charge in [0.2, 0.25) is 5.91 Å². The van der Waals surface area contributed by atoms with Gasteiger partial charge in [0.15, 0.2) is 5.13 Å². The van der Waals surface area contributed by atoms with E-state index < -0.39 is 11.7 Å². The van der Waals surface area contributed by atoms with Crippen LogP contribution >= 0.6 is 27.3 Å². The van der Waals surface area contributed by atoms with Crippen molar-refractivity contribution in [2.45, 2.75) is 19.5 Å². The molecule has 2 aromatic carbocycles. The van der Waals surface area contributed by atoms with Gasteiger partial charge < -0.3 is 10.6 Å². The number of aromatic nitrogens is 1. The highest BCUT2D eigenvalue weighted by molar-refractivity contribution is 9.10. The van der Waals surface area contributed by atoms with Crippen molar-refractivity contribution in [3.63, 3.8) is 0 Å². The first kappa shape index (κ1) is 20.3. The molecular formula is C19H15BrF3N3OS. The predicted molar refractivity (Wildman–Crippen MR) is 108 cm³/mol. The summed E-state index contributed by atoms with van der Waals surface area (Å²) in [4.78, 5) is 16.5. The van der Waals surface area contributed by atoms with Crippen molar-refractivity contribution in [2.75, 3.05) is 10.6 Å². The number of carbonyl (C=O) groups is 1. The number of hydrogen-bond donors (Lipinski definition) is 2. The lowest BCUT2D eigenvalue weighted by atomic mass is 10.2. The summed E-state index contributed by atoms with van der Waals surface area (Å²) in [5, 5.41) is 7.76. The molecule has 28 heavy (non-hydrogen) atoms. The van der Waals surface area contributed by atoms with Gasteiger partial charge in [0.25, 0.3) is 0 Å². The SMILES string of the molecule is Cc1cc(NC(=O)Cc2csc(Nc3cccc(C(F)(F)F)c3)n2)ccc1Br. The molecule has 3 aromatic rings. The lowest BCUT2D eigenvalue weighted by Gasteiger charge is -2.09. The molecule has 9 heteroatoms. The molecule has 1 heterocycles. The van der Waals surface area contributed by atoms with Crippen LogP contribution in [0.25, 0.3) is 0 Å². The third-order valence-electron chi connectivity index (χ3n) is 3.78. The first-order chi connectivity index (χ1) is 13.2. The van der Waals surface area contributed by atoms with Gasteiger partial charge in [-0.15, -0.1) is 11.3 Å². The second-order valence-electron chi connectivity index (χ2n) is 6.04. The van der Waals surface area contributed by atoms with Gasteiger partial charge in [-0.25, -0.2) is 4.98 Å². The molecular weight excluding hydrogens is 455 g/mol. The molecule has 1 amide bonds. The maximum absolute atomic E-state index is 12.8. The molecule has 0 saturated heterocycles. The summed E-state index contributed by atoms with van der Waals surface area (Å²) in [6.45, 7) is 1.92. The minimum atomic E-state index is -4.41. The van der Waals surface area contributed by atoms with Crippen LogP contribution in [0.15, 0.2) is 52.3 Å². The van der Waals surface area contributed by atoms with Crippen molar-refractivity contribution in [3.05, 3.63) is 69.1 Å². The van der Waals surface area contributed by atoms with Gasteiger partial charge in [-0.2, -0.15) is 13.2 Å². The number of aryl methyl sites for hydroxylation is 1. The average Bonchev–Trinajstić information content (AvgIpc) is 3.04. The third kappa shape index (κ3) is 5.32. The molecule has 0 atom stereocenters. The quantitative estimate of drug-likeness (QED) is 0.470. The predicted octanol–water partition coefficient (Wildman–Crippen LogP) is 6.16. The fraction of sp³-hybridized carbons (Fsp3) is 0.158. The van der Waals surface area contributed by atoms with Gasteiger partial charge in [0.1, 0.15) is 0 Å². The Morgan fingerprint density at radius 2 is 1.96 bits per heavy atom. The Morgan fingerprint density at radius 1 is 1.18 bits per heavy atom.